The van der Waals surface area contributed by atoms with E-state index in [0.29, 0.717) is 0 Å². The molecule has 1 aromatic heterocycles. The summed E-state index contributed by atoms with van der Waals surface area (Å²) in [6.07, 6.45) is 0. The second kappa shape index (κ2) is 4.64. The van der Waals surface area contributed by atoms with Gasteiger partial charge in [0.15, 0.2) is 5.82 Å². The molecule has 0 atom stereocenters. The third-order valence-corrected chi connectivity index (χ3v) is 2.88. The standard InChI is InChI=1S/C9H6ClFN4OS/c10-4-2-1-3-5(6(4)11)13-7(16)8-14-15-9(12)17-8/h1-3H,(H2,12,15)(H,13,16). The zero-order valence-electron chi connectivity index (χ0n) is 8.28. The van der Waals surface area contributed by atoms with Gasteiger partial charge >= 0.3 is 0 Å². The molecule has 0 unspecified atom stereocenters. The first-order valence-corrected chi connectivity index (χ1v) is 5.61. The van der Waals surface area contributed by atoms with E-state index in [1.54, 1.807) is 0 Å². The average Bonchev–Trinajstić information content (AvgIpc) is 2.72. The summed E-state index contributed by atoms with van der Waals surface area (Å²) in [5, 5.41) is 9.52. The fraction of sp³-hybridized carbons (Fsp3) is 0. The Morgan fingerprint density at radius 3 is 2.88 bits per heavy atom. The minimum atomic E-state index is -0.694. The maximum Gasteiger partial charge on any atom is 0.286 e. The van der Waals surface area contributed by atoms with E-state index in [4.69, 9.17) is 17.3 Å². The lowest BCUT2D eigenvalue weighted by Gasteiger charge is -2.04. The fourth-order valence-electron chi connectivity index (χ4n) is 1.10. The second-order valence-electron chi connectivity index (χ2n) is 3.00. The molecular formula is C9H6ClFN4OS. The number of amides is 1. The smallest absolute Gasteiger partial charge is 0.286 e. The SMILES string of the molecule is Nc1nnc(C(=O)Nc2cccc(Cl)c2F)s1. The lowest BCUT2D eigenvalue weighted by Crippen LogP contribution is -2.12. The Kier molecular flexibility index (Phi) is 3.21. The summed E-state index contributed by atoms with van der Waals surface area (Å²) in [5.74, 6) is -1.28. The number of aromatic nitrogens is 2. The van der Waals surface area contributed by atoms with Crippen LogP contribution in [0.5, 0.6) is 0 Å². The first-order valence-electron chi connectivity index (χ1n) is 4.42. The molecule has 0 aliphatic heterocycles. The first-order chi connectivity index (χ1) is 8.08. The molecule has 0 bridgehead atoms. The average molecular weight is 273 g/mol. The molecule has 0 radical (unpaired) electrons. The lowest BCUT2D eigenvalue weighted by molar-refractivity contribution is 0.102. The molecule has 0 fully saturated rings. The summed E-state index contributed by atoms with van der Waals surface area (Å²) in [6, 6.07) is 4.30. The molecule has 3 N–H and O–H groups in total. The number of nitrogens with one attached hydrogen (secondary N) is 1. The van der Waals surface area contributed by atoms with E-state index in [2.05, 4.69) is 15.5 Å². The van der Waals surface area contributed by atoms with E-state index in [9.17, 15) is 9.18 Å². The van der Waals surface area contributed by atoms with Gasteiger partial charge in [0.2, 0.25) is 10.1 Å². The van der Waals surface area contributed by atoms with Crippen molar-refractivity contribution < 1.29 is 9.18 Å². The van der Waals surface area contributed by atoms with Crippen LogP contribution in [0.2, 0.25) is 5.02 Å². The number of carbonyl (C=O) groups excluding carboxylic acids is 1. The van der Waals surface area contributed by atoms with Crippen molar-refractivity contribution >= 4 is 39.7 Å². The predicted molar refractivity (Wildman–Crippen MR) is 63.7 cm³/mol. The molecule has 5 nitrogen and oxygen atoms in total. The van der Waals surface area contributed by atoms with Crippen molar-refractivity contribution in [2.24, 2.45) is 0 Å². The van der Waals surface area contributed by atoms with E-state index in [1.165, 1.54) is 18.2 Å². The number of anilines is 2. The highest BCUT2D eigenvalue weighted by Gasteiger charge is 2.14. The summed E-state index contributed by atoms with van der Waals surface area (Å²) in [7, 11) is 0. The normalized spacial score (nSPS) is 10.2. The molecule has 0 saturated heterocycles. The topological polar surface area (TPSA) is 80.9 Å². The van der Waals surface area contributed by atoms with E-state index in [-0.39, 0.29) is 20.8 Å². The van der Waals surface area contributed by atoms with Gasteiger partial charge in [0, 0.05) is 0 Å². The number of benzene rings is 1. The number of nitrogens with zero attached hydrogens (tertiary/aromatic N) is 2. The molecular weight excluding hydrogens is 267 g/mol. The third-order valence-electron chi connectivity index (χ3n) is 1.83. The second-order valence-corrected chi connectivity index (χ2v) is 4.42. The number of nitrogen functional groups attached to an aromatic ring is 1. The quantitative estimate of drug-likeness (QED) is 0.878. The van der Waals surface area contributed by atoms with Crippen molar-refractivity contribution in [3.63, 3.8) is 0 Å². The number of nitrogens with two attached hydrogens (primary N) is 1. The maximum absolute atomic E-state index is 13.5. The summed E-state index contributed by atoms with van der Waals surface area (Å²) < 4.78 is 13.5. The lowest BCUT2D eigenvalue weighted by atomic mass is 10.3. The van der Waals surface area contributed by atoms with Crippen LogP contribution in [-0.4, -0.2) is 16.1 Å². The van der Waals surface area contributed by atoms with Gasteiger partial charge in [0.1, 0.15) is 0 Å². The van der Waals surface area contributed by atoms with Gasteiger partial charge in [0.25, 0.3) is 5.91 Å². The fourth-order valence-corrected chi connectivity index (χ4v) is 1.78. The predicted octanol–water partition coefficient (Wildman–Crippen LogP) is 2.17. The zero-order valence-corrected chi connectivity index (χ0v) is 9.85. The van der Waals surface area contributed by atoms with Gasteiger partial charge in [-0.2, -0.15) is 0 Å². The van der Waals surface area contributed by atoms with Crippen LogP contribution in [0.4, 0.5) is 15.2 Å². The van der Waals surface area contributed by atoms with Crippen molar-refractivity contribution in [1.82, 2.24) is 10.2 Å². The maximum atomic E-state index is 13.5. The Hall–Kier alpha value is -1.73. The van der Waals surface area contributed by atoms with Gasteiger partial charge in [-0.15, -0.1) is 10.2 Å². The molecule has 8 heteroatoms. The summed E-state index contributed by atoms with van der Waals surface area (Å²) in [6.45, 7) is 0. The van der Waals surface area contributed by atoms with Crippen LogP contribution < -0.4 is 11.1 Å². The van der Waals surface area contributed by atoms with Crippen molar-refractivity contribution in [3.05, 3.63) is 34.0 Å². The van der Waals surface area contributed by atoms with Gasteiger partial charge in [-0.25, -0.2) is 4.39 Å². The van der Waals surface area contributed by atoms with Crippen LogP contribution in [0, 0.1) is 5.82 Å². The molecule has 0 aliphatic rings. The first kappa shape index (κ1) is 11.7. The Morgan fingerprint density at radius 1 is 1.47 bits per heavy atom. The Labute approximate surface area is 104 Å². The number of rotatable bonds is 2. The molecule has 17 heavy (non-hydrogen) atoms. The molecule has 0 aliphatic carbocycles. The van der Waals surface area contributed by atoms with E-state index in [0.717, 1.165) is 11.3 Å². The minimum Gasteiger partial charge on any atom is -0.374 e. The van der Waals surface area contributed by atoms with E-state index in [1.807, 2.05) is 0 Å². The monoisotopic (exact) mass is 272 g/mol. The highest BCUT2D eigenvalue weighted by molar-refractivity contribution is 7.16. The summed E-state index contributed by atoms with van der Waals surface area (Å²) in [5.41, 5.74) is 5.32. The highest BCUT2D eigenvalue weighted by Crippen LogP contribution is 2.23. The Balaban J connectivity index is 2.21. The van der Waals surface area contributed by atoms with Gasteiger partial charge in [-0.1, -0.05) is 29.0 Å². The molecule has 88 valence electrons. The molecule has 1 aromatic carbocycles. The van der Waals surface area contributed by atoms with Crippen LogP contribution in [0.25, 0.3) is 0 Å². The largest absolute Gasteiger partial charge is 0.374 e. The van der Waals surface area contributed by atoms with Gasteiger partial charge in [0.05, 0.1) is 10.7 Å². The zero-order chi connectivity index (χ0) is 12.4. The van der Waals surface area contributed by atoms with Crippen molar-refractivity contribution in [1.29, 1.82) is 0 Å². The van der Waals surface area contributed by atoms with Crippen molar-refractivity contribution in [2.45, 2.75) is 0 Å². The third kappa shape index (κ3) is 2.51. The number of hydrogen-bond acceptors (Lipinski definition) is 5. The van der Waals surface area contributed by atoms with Crippen molar-refractivity contribution in [2.75, 3.05) is 11.1 Å². The van der Waals surface area contributed by atoms with Crippen LogP contribution in [-0.2, 0) is 0 Å². The van der Waals surface area contributed by atoms with E-state index < -0.39 is 11.7 Å². The van der Waals surface area contributed by atoms with Crippen LogP contribution in [0.3, 0.4) is 0 Å². The highest BCUT2D eigenvalue weighted by atomic mass is 35.5. The molecule has 2 rings (SSSR count). The van der Waals surface area contributed by atoms with Crippen LogP contribution in [0.1, 0.15) is 9.80 Å². The number of hydrogen-bond donors (Lipinski definition) is 2. The summed E-state index contributed by atoms with van der Waals surface area (Å²) >= 11 is 6.49. The van der Waals surface area contributed by atoms with Crippen molar-refractivity contribution in [3.8, 4) is 0 Å². The molecule has 2 aromatic rings. The van der Waals surface area contributed by atoms with Gasteiger partial charge in [-0.3, -0.25) is 4.79 Å². The molecule has 0 saturated carbocycles. The molecule has 0 spiro atoms. The number of carbonyl (C=O) groups is 1. The minimum absolute atomic E-state index is 0.0173. The Morgan fingerprint density at radius 2 is 2.24 bits per heavy atom. The molecule has 1 heterocycles. The Bertz CT molecular complexity index is 574. The van der Waals surface area contributed by atoms with Gasteiger partial charge < -0.3 is 11.1 Å². The van der Waals surface area contributed by atoms with E-state index >= 15 is 0 Å². The van der Waals surface area contributed by atoms with Crippen LogP contribution in [0.15, 0.2) is 18.2 Å². The van der Waals surface area contributed by atoms with Gasteiger partial charge in [-0.05, 0) is 12.1 Å². The van der Waals surface area contributed by atoms with Crippen LogP contribution >= 0.6 is 22.9 Å². The number of halogens is 2. The molecule has 1 amide bonds. The summed E-state index contributed by atoms with van der Waals surface area (Å²) in [4.78, 5) is 11.6.